The number of halogens is 3. The number of sulfonamides is 1. The first-order valence-corrected chi connectivity index (χ1v) is 8.36. The number of hydrogen-bond donors (Lipinski definition) is 2. The maximum Gasteiger partial charge on any atom is 0.262 e. The highest BCUT2D eigenvalue weighted by atomic mass is 35.5. The molecule has 0 amide bonds. The van der Waals surface area contributed by atoms with E-state index in [1.54, 1.807) is 13.0 Å². The summed E-state index contributed by atoms with van der Waals surface area (Å²) in [5, 5.41) is 0.599. The highest BCUT2D eigenvalue weighted by molar-refractivity contribution is 7.92. The van der Waals surface area contributed by atoms with Crippen LogP contribution < -0.4 is 10.5 Å². The standard InChI is InChI=1S/C13H11Cl3N2O2S/c1-7-4-8(17)2-3-13(7)21(19,20)18-12-6-10(15)9(14)5-11(12)16/h2-6,18H,17H2,1H3. The van der Waals surface area contributed by atoms with Crippen LogP contribution in [0.15, 0.2) is 35.2 Å². The SMILES string of the molecule is Cc1cc(N)ccc1S(=O)(=O)Nc1cc(Cl)c(Cl)cc1Cl. The van der Waals surface area contributed by atoms with Gasteiger partial charge in [-0.3, -0.25) is 4.72 Å². The summed E-state index contributed by atoms with van der Waals surface area (Å²) in [7, 11) is -3.80. The molecule has 0 aliphatic rings. The topological polar surface area (TPSA) is 72.2 Å². The van der Waals surface area contributed by atoms with Gasteiger partial charge in [-0.1, -0.05) is 34.8 Å². The van der Waals surface area contributed by atoms with Crippen LogP contribution in [0, 0.1) is 6.92 Å². The van der Waals surface area contributed by atoms with Crippen molar-refractivity contribution in [3.05, 3.63) is 51.0 Å². The van der Waals surface area contributed by atoms with Crippen molar-refractivity contribution in [2.75, 3.05) is 10.5 Å². The predicted molar refractivity (Wildman–Crippen MR) is 87.9 cm³/mol. The quantitative estimate of drug-likeness (QED) is 0.628. The molecule has 0 saturated heterocycles. The predicted octanol–water partition coefficient (Wildman–Crippen LogP) is 4.34. The van der Waals surface area contributed by atoms with Gasteiger partial charge in [0.1, 0.15) is 0 Å². The van der Waals surface area contributed by atoms with Crippen molar-refractivity contribution in [3.63, 3.8) is 0 Å². The minimum Gasteiger partial charge on any atom is -0.399 e. The summed E-state index contributed by atoms with van der Waals surface area (Å²) < 4.78 is 27.2. The van der Waals surface area contributed by atoms with Gasteiger partial charge in [0.25, 0.3) is 10.0 Å². The van der Waals surface area contributed by atoms with Crippen molar-refractivity contribution < 1.29 is 8.42 Å². The second-order valence-corrected chi connectivity index (χ2v) is 7.25. The Kier molecular flexibility index (Phi) is 4.58. The number of hydrogen-bond acceptors (Lipinski definition) is 3. The summed E-state index contributed by atoms with van der Waals surface area (Å²) in [5.74, 6) is 0. The Bertz CT molecular complexity index is 807. The zero-order valence-corrected chi connectivity index (χ0v) is 13.9. The van der Waals surface area contributed by atoms with E-state index in [4.69, 9.17) is 40.5 Å². The highest BCUT2D eigenvalue weighted by Gasteiger charge is 2.19. The van der Waals surface area contributed by atoms with Gasteiger partial charge in [-0.15, -0.1) is 0 Å². The van der Waals surface area contributed by atoms with Crippen LogP contribution in [-0.2, 0) is 10.0 Å². The van der Waals surface area contributed by atoms with E-state index in [9.17, 15) is 8.42 Å². The van der Waals surface area contributed by atoms with Crippen LogP contribution in [0.1, 0.15) is 5.56 Å². The molecule has 8 heteroatoms. The number of anilines is 2. The van der Waals surface area contributed by atoms with Crippen molar-refractivity contribution >= 4 is 56.2 Å². The fourth-order valence-electron chi connectivity index (χ4n) is 1.77. The van der Waals surface area contributed by atoms with Gasteiger partial charge >= 0.3 is 0 Å². The van der Waals surface area contributed by atoms with Crippen LogP contribution in [0.3, 0.4) is 0 Å². The largest absolute Gasteiger partial charge is 0.399 e. The van der Waals surface area contributed by atoms with E-state index in [0.717, 1.165) is 0 Å². The third-order valence-corrected chi connectivity index (χ3v) is 5.30. The number of nitrogens with one attached hydrogen (secondary N) is 1. The van der Waals surface area contributed by atoms with E-state index >= 15 is 0 Å². The Morgan fingerprint density at radius 2 is 1.62 bits per heavy atom. The first-order valence-electron chi connectivity index (χ1n) is 5.74. The van der Waals surface area contributed by atoms with Crippen molar-refractivity contribution in [2.24, 2.45) is 0 Å². The molecule has 3 N–H and O–H groups in total. The molecule has 0 aromatic heterocycles. The molecule has 0 atom stereocenters. The minimum absolute atomic E-state index is 0.110. The molecule has 0 radical (unpaired) electrons. The second-order valence-electron chi connectivity index (χ2n) is 4.38. The van der Waals surface area contributed by atoms with Gasteiger partial charge in [0.05, 0.1) is 25.7 Å². The van der Waals surface area contributed by atoms with Gasteiger partial charge in [0, 0.05) is 5.69 Å². The Labute approximate surface area is 137 Å². The molecule has 2 rings (SSSR count). The van der Waals surface area contributed by atoms with Gasteiger partial charge in [-0.2, -0.15) is 0 Å². The van der Waals surface area contributed by atoms with Crippen LogP contribution in [-0.4, -0.2) is 8.42 Å². The first-order chi connectivity index (χ1) is 9.70. The van der Waals surface area contributed by atoms with E-state index in [1.807, 2.05) is 0 Å². The lowest BCUT2D eigenvalue weighted by atomic mass is 10.2. The van der Waals surface area contributed by atoms with Gasteiger partial charge in [0.2, 0.25) is 0 Å². The summed E-state index contributed by atoms with van der Waals surface area (Å²) in [6.45, 7) is 1.65. The summed E-state index contributed by atoms with van der Waals surface area (Å²) in [5.41, 5.74) is 6.78. The molecule has 2 aromatic carbocycles. The van der Waals surface area contributed by atoms with E-state index < -0.39 is 10.0 Å². The average molecular weight is 366 g/mol. The fraction of sp³-hybridized carbons (Fsp3) is 0.0769. The Morgan fingerprint density at radius 1 is 1.00 bits per heavy atom. The van der Waals surface area contributed by atoms with Crippen LogP contribution in [0.4, 0.5) is 11.4 Å². The van der Waals surface area contributed by atoms with Crippen LogP contribution in [0.25, 0.3) is 0 Å². The lowest BCUT2D eigenvalue weighted by Crippen LogP contribution is -2.14. The molecule has 112 valence electrons. The summed E-state index contributed by atoms with van der Waals surface area (Å²) in [4.78, 5) is 0.110. The van der Waals surface area contributed by atoms with E-state index in [1.165, 1.54) is 24.3 Å². The monoisotopic (exact) mass is 364 g/mol. The maximum absolute atomic E-state index is 12.4. The third-order valence-electron chi connectivity index (χ3n) is 2.74. The summed E-state index contributed by atoms with van der Waals surface area (Å²) in [6, 6.07) is 7.25. The van der Waals surface area contributed by atoms with Crippen LogP contribution >= 0.6 is 34.8 Å². The van der Waals surface area contributed by atoms with Crippen LogP contribution in [0.5, 0.6) is 0 Å². The number of nitrogen functional groups attached to an aromatic ring is 1. The first kappa shape index (κ1) is 16.2. The zero-order chi connectivity index (χ0) is 15.8. The van der Waals surface area contributed by atoms with E-state index in [0.29, 0.717) is 11.3 Å². The molecule has 0 heterocycles. The maximum atomic E-state index is 12.4. The average Bonchev–Trinajstić information content (AvgIpc) is 2.35. The molecule has 4 nitrogen and oxygen atoms in total. The van der Waals surface area contributed by atoms with Crippen molar-refractivity contribution in [3.8, 4) is 0 Å². The zero-order valence-electron chi connectivity index (χ0n) is 10.8. The van der Waals surface area contributed by atoms with Crippen molar-refractivity contribution in [1.82, 2.24) is 0 Å². The number of aryl methyl sites for hydroxylation is 1. The molecule has 0 aliphatic heterocycles. The van der Waals surface area contributed by atoms with E-state index in [2.05, 4.69) is 4.72 Å². The number of benzene rings is 2. The lowest BCUT2D eigenvalue weighted by molar-refractivity contribution is 0.600. The van der Waals surface area contributed by atoms with Crippen LogP contribution in [0.2, 0.25) is 15.1 Å². The summed E-state index contributed by atoms with van der Waals surface area (Å²) >= 11 is 17.7. The third kappa shape index (κ3) is 3.55. The molecule has 0 spiro atoms. The summed E-state index contributed by atoms with van der Waals surface area (Å²) in [6.07, 6.45) is 0. The highest BCUT2D eigenvalue weighted by Crippen LogP contribution is 2.33. The van der Waals surface area contributed by atoms with E-state index in [-0.39, 0.29) is 25.7 Å². The molecule has 2 aromatic rings. The fourth-order valence-corrected chi connectivity index (χ4v) is 3.72. The normalized spacial score (nSPS) is 11.4. The number of rotatable bonds is 3. The Morgan fingerprint density at radius 3 is 2.24 bits per heavy atom. The molecule has 0 aliphatic carbocycles. The minimum atomic E-state index is -3.80. The Balaban J connectivity index is 2.45. The molecule has 0 bridgehead atoms. The van der Waals surface area contributed by atoms with Gasteiger partial charge in [-0.25, -0.2) is 8.42 Å². The lowest BCUT2D eigenvalue weighted by Gasteiger charge is -2.12. The molecule has 21 heavy (non-hydrogen) atoms. The van der Waals surface area contributed by atoms with Crippen molar-refractivity contribution in [1.29, 1.82) is 0 Å². The molecular weight excluding hydrogens is 355 g/mol. The Hall–Kier alpha value is -1.14. The molecule has 0 unspecified atom stereocenters. The van der Waals surface area contributed by atoms with Gasteiger partial charge < -0.3 is 5.73 Å². The molecule has 0 fully saturated rings. The van der Waals surface area contributed by atoms with Crippen molar-refractivity contribution in [2.45, 2.75) is 11.8 Å². The smallest absolute Gasteiger partial charge is 0.262 e. The second kappa shape index (κ2) is 5.93. The molecule has 0 saturated carbocycles. The number of nitrogens with two attached hydrogens (primary N) is 1. The van der Waals surface area contributed by atoms with Gasteiger partial charge in [0.15, 0.2) is 0 Å². The van der Waals surface area contributed by atoms with Gasteiger partial charge in [-0.05, 0) is 42.8 Å². The molecular formula is C13H11Cl3N2O2S.